The first kappa shape index (κ1) is 22.6. The van der Waals surface area contributed by atoms with E-state index in [2.05, 4.69) is 38.7 Å². The number of hydrogen-bond donors (Lipinski definition) is 1. The van der Waals surface area contributed by atoms with Crippen molar-refractivity contribution in [1.82, 2.24) is 29.4 Å². The van der Waals surface area contributed by atoms with Crippen LogP contribution in [0.5, 0.6) is 0 Å². The molecule has 7 nitrogen and oxygen atoms in total. The standard InChI is InChI=1S/C25H28FN7S/c1-16(2)21-14-34-22(30-21)13-32-11-8-19(9-12-32)33-15-29-23(17-3-5-18(26)6-4-17)24(33)20-7-10-28-25(27)31-20/h3-7,10,14-16,19H,8-9,11-13H2,1-2H3,(H2,27,28,31). The van der Waals surface area contributed by atoms with Crippen LogP contribution >= 0.6 is 11.3 Å². The van der Waals surface area contributed by atoms with Gasteiger partial charge in [0.15, 0.2) is 0 Å². The van der Waals surface area contributed by atoms with Gasteiger partial charge in [0.2, 0.25) is 5.95 Å². The molecule has 1 fully saturated rings. The Labute approximate surface area is 202 Å². The minimum atomic E-state index is -0.274. The lowest BCUT2D eigenvalue weighted by molar-refractivity contribution is 0.180. The first-order valence-corrected chi connectivity index (χ1v) is 12.4. The van der Waals surface area contributed by atoms with Crippen molar-refractivity contribution in [2.45, 2.75) is 45.2 Å². The SMILES string of the molecule is CC(C)c1csc(CN2CCC(n3cnc(-c4ccc(F)cc4)c3-c3ccnc(N)n3)CC2)n1. The molecule has 0 bridgehead atoms. The smallest absolute Gasteiger partial charge is 0.220 e. The topological polar surface area (TPSA) is 85.8 Å². The molecule has 0 spiro atoms. The van der Waals surface area contributed by atoms with E-state index in [-0.39, 0.29) is 17.8 Å². The Morgan fingerprint density at radius 1 is 1.09 bits per heavy atom. The van der Waals surface area contributed by atoms with E-state index >= 15 is 0 Å². The maximum Gasteiger partial charge on any atom is 0.220 e. The quantitative estimate of drug-likeness (QED) is 0.414. The maximum atomic E-state index is 13.5. The van der Waals surface area contributed by atoms with E-state index in [0.29, 0.717) is 5.92 Å². The number of benzene rings is 1. The number of piperidine rings is 1. The molecule has 0 radical (unpaired) electrons. The zero-order valence-corrected chi connectivity index (χ0v) is 20.2. The summed E-state index contributed by atoms with van der Waals surface area (Å²) in [6, 6.07) is 8.53. The van der Waals surface area contributed by atoms with Crippen LogP contribution in [0.15, 0.2) is 48.2 Å². The molecule has 0 amide bonds. The predicted molar refractivity (Wildman–Crippen MR) is 133 cm³/mol. The van der Waals surface area contributed by atoms with Crippen LogP contribution in [0.3, 0.4) is 0 Å². The summed E-state index contributed by atoms with van der Waals surface area (Å²) in [6.45, 7) is 7.22. The highest BCUT2D eigenvalue weighted by Gasteiger charge is 2.26. The van der Waals surface area contributed by atoms with Crippen molar-refractivity contribution in [2.24, 2.45) is 0 Å². The van der Waals surface area contributed by atoms with Crippen LogP contribution in [0, 0.1) is 5.82 Å². The molecular weight excluding hydrogens is 449 g/mol. The fraction of sp³-hybridized carbons (Fsp3) is 0.360. The average Bonchev–Trinajstić information content (AvgIpc) is 3.48. The molecule has 0 unspecified atom stereocenters. The molecular formula is C25H28FN7S. The second-order valence-corrected chi connectivity index (χ2v) is 9.93. The fourth-order valence-corrected chi connectivity index (χ4v) is 5.42. The van der Waals surface area contributed by atoms with Crippen molar-refractivity contribution in [1.29, 1.82) is 0 Å². The molecule has 4 aromatic rings. The van der Waals surface area contributed by atoms with Gasteiger partial charge in [-0.05, 0) is 49.1 Å². The molecule has 9 heteroatoms. The number of hydrogen-bond acceptors (Lipinski definition) is 7. The van der Waals surface area contributed by atoms with E-state index < -0.39 is 0 Å². The minimum Gasteiger partial charge on any atom is -0.368 e. The summed E-state index contributed by atoms with van der Waals surface area (Å²) in [7, 11) is 0. The summed E-state index contributed by atoms with van der Waals surface area (Å²) in [5.41, 5.74) is 10.3. The van der Waals surface area contributed by atoms with Gasteiger partial charge in [-0.2, -0.15) is 0 Å². The van der Waals surface area contributed by atoms with Crippen LogP contribution in [-0.4, -0.2) is 42.5 Å². The monoisotopic (exact) mass is 477 g/mol. The molecule has 176 valence electrons. The van der Waals surface area contributed by atoms with Crippen LogP contribution in [-0.2, 0) is 6.54 Å². The van der Waals surface area contributed by atoms with E-state index in [4.69, 9.17) is 15.7 Å². The number of likely N-dealkylation sites (tertiary alicyclic amines) is 1. The van der Waals surface area contributed by atoms with Gasteiger partial charge < -0.3 is 10.3 Å². The number of thiazole rings is 1. The molecule has 1 aliphatic heterocycles. The van der Waals surface area contributed by atoms with Crippen molar-refractivity contribution < 1.29 is 4.39 Å². The van der Waals surface area contributed by atoms with Gasteiger partial charge >= 0.3 is 0 Å². The molecule has 0 saturated carbocycles. The van der Waals surface area contributed by atoms with Crippen molar-refractivity contribution in [3.8, 4) is 22.6 Å². The molecule has 0 aliphatic carbocycles. The highest BCUT2D eigenvalue weighted by molar-refractivity contribution is 7.09. The van der Waals surface area contributed by atoms with Crippen LogP contribution in [0.25, 0.3) is 22.6 Å². The van der Waals surface area contributed by atoms with Gasteiger partial charge in [0.05, 0.1) is 35.6 Å². The first-order chi connectivity index (χ1) is 16.5. The summed E-state index contributed by atoms with van der Waals surface area (Å²) in [4.78, 5) is 20.5. The van der Waals surface area contributed by atoms with E-state index in [0.717, 1.165) is 55.1 Å². The van der Waals surface area contributed by atoms with Crippen molar-refractivity contribution in [3.63, 3.8) is 0 Å². The number of nitrogens with two attached hydrogens (primary N) is 1. The number of imidazole rings is 1. The molecule has 1 aliphatic rings. The lowest BCUT2D eigenvalue weighted by Gasteiger charge is -2.32. The molecule has 0 atom stereocenters. The van der Waals surface area contributed by atoms with Crippen LogP contribution < -0.4 is 5.73 Å². The van der Waals surface area contributed by atoms with Gasteiger partial charge in [-0.15, -0.1) is 11.3 Å². The van der Waals surface area contributed by atoms with Gasteiger partial charge in [-0.1, -0.05) is 13.8 Å². The summed E-state index contributed by atoms with van der Waals surface area (Å²) in [6.07, 6.45) is 5.53. The third kappa shape index (κ3) is 4.71. The van der Waals surface area contributed by atoms with Gasteiger partial charge in [-0.25, -0.2) is 24.3 Å². The van der Waals surface area contributed by atoms with E-state index in [9.17, 15) is 4.39 Å². The van der Waals surface area contributed by atoms with Gasteiger partial charge in [0.1, 0.15) is 10.8 Å². The molecule has 34 heavy (non-hydrogen) atoms. The normalized spacial score (nSPS) is 15.3. The van der Waals surface area contributed by atoms with Crippen molar-refractivity contribution in [3.05, 3.63) is 64.8 Å². The highest BCUT2D eigenvalue weighted by Crippen LogP contribution is 2.35. The van der Waals surface area contributed by atoms with Gasteiger partial charge in [0, 0.05) is 36.3 Å². The predicted octanol–water partition coefficient (Wildman–Crippen LogP) is 5.15. The Bertz CT molecular complexity index is 1260. The molecule has 1 saturated heterocycles. The van der Waals surface area contributed by atoms with Gasteiger partial charge in [-0.3, -0.25) is 4.90 Å². The summed E-state index contributed by atoms with van der Waals surface area (Å²) >= 11 is 1.75. The highest BCUT2D eigenvalue weighted by atomic mass is 32.1. The zero-order valence-electron chi connectivity index (χ0n) is 19.4. The molecule has 2 N–H and O–H groups in total. The lowest BCUT2D eigenvalue weighted by Crippen LogP contribution is -2.34. The number of rotatable bonds is 6. The van der Waals surface area contributed by atoms with Crippen LogP contribution in [0.2, 0.25) is 0 Å². The number of nitrogen functional groups attached to an aromatic ring is 1. The number of halogens is 1. The summed E-state index contributed by atoms with van der Waals surface area (Å²) in [5, 5.41) is 3.36. The van der Waals surface area contributed by atoms with Crippen LogP contribution in [0.4, 0.5) is 10.3 Å². The maximum absolute atomic E-state index is 13.5. The second-order valence-electron chi connectivity index (χ2n) is 8.98. The van der Waals surface area contributed by atoms with Crippen molar-refractivity contribution in [2.75, 3.05) is 18.8 Å². The number of aromatic nitrogens is 5. The van der Waals surface area contributed by atoms with E-state index in [1.807, 2.05) is 12.4 Å². The average molecular weight is 478 g/mol. The molecule has 4 heterocycles. The summed E-state index contributed by atoms with van der Waals surface area (Å²) < 4.78 is 15.7. The third-order valence-corrected chi connectivity index (χ3v) is 7.15. The van der Waals surface area contributed by atoms with Gasteiger partial charge in [0.25, 0.3) is 0 Å². The Morgan fingerprint density at radius 3 is 2.53 bits per heavy atom. The second kappa shape index (κ2) is 9.60. The number of nitrogens with zero attached hydrogens (tertiary/aromatic N) is 6. The Balaban J connectivity index is 1.39. The molecule has 1 aromatic carbocycles. The fourth-order valence-electron chi connectivity index (χ4n) is 4.43. The first-order valence-electron chi connectivity index (χ1n) is 11.6. The zero-order chi connectivity index (χ0) is 23.7. The molecule has 3 aromatic heterocycles. The Morgan fingerprint density at radius 2 is 1.85 bits per heavy atom. The van der Waals surface area contributed by atoms with Crippen molar-refractivity contribution >= 4 is 17.3 Å². The Hall–Kier alpha value is -3.17. The third-order valence-electron chi connectivity index (χ3n) is 6.30. The molecule has 5 rings (SSSR count). The minimum absolute atomic E-state index is 0.217. The van der Waals surface area contributed by atoms with E-state index in [1.54, 1.807) is 29.7 Å². The summed E-state index contributed by atoms with van der Waals surface area (Å²) in [5.74, 6) is 0.403. The number of anilines is 1. The lowest BCUT2D eigenvalue weighted by atomic mass is 10.0. The Kier molecular flexibility index (Phi) is 6.38. The van der Waals surface area contributed by atoms with E-state index in [1.165, 1.54) is 22.8 Å². The van der Waals surface area contributed by atoms with Crippen LogP contribution in [0.1, 0.15) is 49.4 Å². The largest absolute Gasteiger partial charge is 0.368 e.